The first-order chi connectivity index (χ1) is 13.7. The molecule has 0 saturated heterocycles. The number of rotatable bonds is 4. The highest BCUT2D eigenvalue weighted by Crippen LogP contribution is 2.22. The summed E-state index contributed by atoms with van der Waals surface area (Å²) < 4.78 is 0. The predicted octanol–water partition coefficient (Wildman–Crippen LogP) is 4.40. The van der Waals surface area contributed by atoms with Crippen molar-refractivity contribution in [3.05, 3.63) is 94.3 Å². The molecule has 0 spiro atoms. The molecule has 0 atom stereocenters. The normalized spacial score (nSPS) is 10.8. The van der Waals surface area contributed by atoms with Crippen LogP contribution in [0.25, 0.3) is 22.3 Å². The van der Waals surface area contributed by atoms with Crippen LogP contribution in [-0.4, -0.2) is 15.9 Å². The van der Waals surface area contributed by atoms with Gasteiger partial charge in [0.2, 0.25) is 0 Å². The molecule has 1 amide bonds. The summed E-state index contributed by atoms with van der Waals surface area (Å²) in [7, 11) is 0. The summed E-state index contributed by atoms with van der Waals surface area (Å²) in [4.78, 5) is 32.6. The van der Waals surface area contributed by atoms with Gasteiger partial charge in [0.25, 0.3) is 11.5 Å². The number of fused-ring (bicyclic) bond motifs is 1. The van der Waals surface area contributed by atoms with Crippen molar-refractivity contribution in [3.8, 4) is 11.4 Å². The smallest absolute Gasteiger partial charge is 0.259 e. The molecule has 1 aromatic heterocycles. The Balaban J connectivity index is 1.72. The Labute approximate surface area is 162 Å². The lowest BCUT2D eigenvalue weighted by Crippen LogP contribution is -2.15. The van der Waals surface area contributed by atoms with E-state index in [4.69, 9.17) is 0 Å². The maximum Gasteiger partial charge on any atom is 0.259 e. The van der Waals surface area contributed by atoms with Crippen LogP contribution >= 0.6 is 0 Å². The minimum atomic E-state index is -0.254. The Hall–Kier alpha value is -3.73. The van der Waals surface area contributed by atoms with Gasteiger partial charge in [-0.1, -0.05) is 49.4 Å². The number of hydrogen-bond donors (Lipinski definition) is 2. The molecule has 2 N–H and O–H groups in total. The monoisotopic (exact) mass is 369 g/mol. The summed E-state index contributed by atoms with van der Waals surface area (Å²) in [5.74, 6) is 0.117. The molecule has 1 heterocycles. The zero-order valence-corrected chi connectivity index (χ0v) is 15.4. The number of aromatic nitrogens is 2. The van der Waals surface area contributed by atoms with E-state index in [1.807, 2.05) is 36.4 Å². The van der Waals surface area contributed by atoms with Gasteiger partial charge in [-0.2, -0.15) is 0 Å². The van der Waals surface area contributed by atoms with E-state index in [0.29, 0.717) is 27.9 Å². The fraction of sp³-hybridized carbons (Fsp3) is 0.0870. The van der Waals surface area contributed by atoms with Crippen LogP contribution in [0.15, 0.2) is 77.6 Å². The number of anilines is 1. The third-order valence-corrected chi connectivity index (χ3v) is 4.66. The van der Waals surface area contributed by atoms with Crippen molar-refractivity contribution in [1.82, 2.24) is 9.97 Å². The van der Waals surface area contributed by atoms with E-state index in [9.17, 15) is 9.59 Å². The van der Waals surface area contributed by atoms with Gasteiger partial charge < -0.3 is 10.3 Å². The Morgan fingerprint density at radius 2 is 1.68 bits per heavy atom. The van der Waals surface area contributed by atoms with E-state index in [0.717, 1.165) is 12.1 Å². The summed E-state index contributed by atoms with van der Waals surface area (Å²) in [5, 5.41) is 3.43. The molecule has 5 heteroatoms. The molecular formula is C23H19N3O2. The minimum Gasteiger partial charge on any atom is -0.322 e. The molecule has 0 bridgehead atoms. The van der Waals surface area contributed by atoms with Crippen LogP contribution in [-0.2, 0) is 6.42 Å². The molecule has 28 heavy (non-hydrogen) atoms. The number of amides is 1. The highest BCUT2D eigenvalue weighted by Gasteiger charge is 2.15. The number of para-hydroxylation sites is 1. The maximum atomic E-state index is 12.9. The van der Waals surface area contributed by atoms with Crippen molar-refractivity contribution in [2.24, 2.45) is 0 Å². The molecule has 4 rings (SSSR count). The molecule has 4 aromatic rings. The van der Waals surface area contributed by atoms with Gasteiger partial charge in [0, 0.05) is 11.3 Å². The molecule has 138 valence electrons. The molecule has 0 radical (unpaired) electrons. The van der Waals surface area contributed by atoms with Crippen LogP contribution in [0.3, 0.4) is 0 Å². The largest absolute Gasteiger partial charge is 0.322 e. The summed E-state index contributed by atoms with van der Waals surface area (Å²) in [5.41, 5.74) is 3.31. The first kappa shape index (κ1) is 17.7. The van der Waals surface area contributed by atoms with E-state index < -0.39 is 0 Å². The van der Waals surface area contributed by atoms with Gasteiger partial charge in [-0.05, 0) is 42.3 Å². The standard InChI is InChI=1S/C23H19N3O2/c1-2-15-11-13-16(14-12-15)24-22(27)18-8-4-3-7-17(18)21-25-20-10-6-5-9-19(20)23(28)26-21/h3-14H,2H2,1H3,(H,24,27)(H,25,26,28). The number of carbonyl (C=O) groups excluding carboxylic acids is 1. The molecule has 0 aliphatic carbocycles. The zero-order valence-electron chi connectivity index (χ0n) is 15.4. The highest BCUT2D eigenvalue weighted by molar-refractivity contribution is 6.08. The van der Waals surface area contributed by atoms with E-state index in [1.54, 1.807) is 36.4 Å². The van der Waals surface area contributed by atoms with Crippen LogP contribution in [0.5, 0.6) is 0 Å². The maximum absolute atomic E-state index is 12.9. The molecule has 0 unspecified atom stereocenters. The van der Waals surface area contributed by atoms with Gasteiger partial charge in [0.1, 0.15) is 5.82 Å². The number of benzene rings is 3. The van der Waals surface area contributed by atoms with Crippen molar-refractivity contribution < 1.29 is 4.79 Å². The lowest BCUT2D eigenvalue weighted by molar-refractivity contribution is 0.102. The van der Waals surface area contributed by atoms with Gasteiger partial charge in [0.05, 0.1) is 16.5 Å². The second-order valence-corrected chi connectivity index (χ2v) is 6.48. The van der Waals surface area contributed by atoms with Gasteiger partial charge in [-0.3, -0.25) is 9.59 Å². The number of nitrogens with zero attached hydrogens (tertiary/aromatic N) is 1. The average molecular weight is 369 g/mol. The van der Waals surface area contributed by atoms with E-state index in [2.05, 4.69) is 22.2 Å². The molecule has 3 aromatic carbocycles. The Bertz CT molecular complexity index is 1210. The number of aromatic amines is 1. The topological polar surface area (TPSA) is 74.8 Å². The SMILES string of the molecule is CCc1ccc(NC(=O)c2ccccc2-c2nc3ccccc3c(=O)[nH]2)cc1. The van der Waals surface area contributed by atoms with E-state index in [1.165, 1.54) is 5.56 Å². The average Bonchev–Trinajstić information content (AvgIpc) is 2.74. The molecule has 0 saturated carbocycles. The van der Waals surface area contributed by atoms with Gasteiger partial charge in [0.15, 0.2) is 0 Å². The van der Waals surface area contributed by atoms with Crippen LogP contribution in [0.2, 0.25) is 0 Å². The van der Waals surface area contributed by atoms with Crippen LogP contribution in [0.4, 0.5) is 5.69 Å². The van der Waals surface area contributed by atoms with Crippen molar-refractivity contribution >= 4 is 22.5 Å². The van der Waals surface area contributed by atoms with Gasteiger partial charge in [-0.15, -0.1) is 0 Å². The van der Waals surface area contributed by atoms with Crippen molar-refractivity contribution in [2.75, 3.05) is 5.32 Å². The van der Waals surface area contributed by atoms with Crippen molar-refractivity contribution in [1.29, 1.82) is 0 Å². The fourth-order valence-electron chi connectivity index (χ4n) is 3.12. The predicted molar refractivity (Wildman–Crippen MR) is 112 cm³/mol. The Morgan fingerprint density at radius 1 is 0.964 bits per heavy atom. The number of carbonyl (C=O) groups is 1. The van der Waals surface area contributed by atoms with Crippen LogP contribution < -0.4 is 10.9 Å². The van der Waals surface area contributed by atoms with Crippen LogP contribution in [0.1, 0.15) is 22.8 Å². The molecule has 5 nitrogen and oxygen atoms in total. The first-order valence-electron chi connectivity index (χ1n) is 9.14. The van der Waals surface area contributed by atoms with Gasteiger partial charge >= 0.3 is 0 Å². The third-order valence-electron chi connectivity index (χ3n) is 4.66. The Kier molecular flexibility index (Phi) is 4.72. The molecule has 0 aliphatic heterocycles. The van der Waals surface area contributed by atoms with Crippen molar-refractivity contribution in [2.45, 2.75) is 13.3 Å². The lowest BCUT2D eigenvalue weighted by atomic mass is 10.1. The van der Waals surface area contributed by atoms with Crippen LogP contribution in [0, 0.1) is 0 Å². The summed E-state index contributed by atoms with van der Waals surface area (Å²) in [6.45, 7) is 2.08. The van der Waals surface area contributed by atoms with E-state index in [-0.39, 0.29) is 11.5 Å². The highest BCUT2D eigenvalue weighted by atomic mass is 16.1. The summed E-state index contributed by atoms with van der Waals surface area (Å²) >= 11 is 0. The molecular weight excluding hydrogens is 350 g/mol. The minimum absolute atomic E-state index is 0.231. The molecule has 0 aliphatic rings. The fourth-order valence-corrected chi connectivity index (χ4v) is 3.12. The summed E-state index contributed by atoms with van der Waals surface area (Å²) in [6.07, 6.45) is 0.943. The van der Waals surface area contributed by atoms with Crippen molar-refractivity contribution in [3.63, 3.8) is 0 Å². The quantitative estimate of drug-likeness (QED) is 0.560. The lowest BCUT2D eigenvalue weighted by Gasteiger charge is -2.11. The van der Waals surface area contributed by atoms with E-state index >= 15 is 0 Å². The Morgan fingerprint density at radius 3 is 2.46 bits per heavy atom. The third kappa shape index (κ3) is 3.42. The van der Waals surface area contributed by atoms with Gasteiger partial charge in [-0.25, -0.2) is 4.98 Å². The summed E-state index contributed by atoms with van der Waals surface area (Å²) in [6, 6.07) is 22.0. The first-order valence-corrected chi connectivity index (χ1v) is 9.14. The number of H-pyrrole nitrogens is 1. The molecule has 0 fully saturated rings. The zero-order chi connectivity index (χ0) is 19.5. The second kappa shape index (κ2) is 7.48. The number of nitrogens with one attached hydrogen (secondary N) is 2. The number of aryl methyl sites for hydroxylation is 1. The second-order valence-electron chi connectivity index (χ2n) is 6.48. The number of hydrogen-bond acceptors (Lipinski definition) is 3.